The van der Waals surface area contributed by atoms with Gasteiger partial charge in [-0.3, -0.25) is 9.69 Å². The van der Waals surface area contributed by atoms with Crippen molar-refractivity contribution in [3.8, 4) is 0 Å². The third-order valence-corrected chi connectivity index (χ3v) is 5.54. The van der Waals surface area contributed by atoms with Gasteiger partial charge in [0.15, 0.2) is 0 Å². The highest BCUT2D eigenvalue weighted by Crippen LogP contribution is 2.27. The van der Waals surface area contributed by atoms with Crippen molar-refractivity contribution in [3.05, 3.63) is 83.1 Å². The Labute approximate surface area is 184 Å². The molecule has 31 heavy (non-hydrogen) atoms. The number of hydrogen-bond donors (Lipinski definition) is 0. The van der Waals surface area contributed by atoms with Crippen LogP contribution in [-0.4, -0.2) is 61.0 Å². The van der Waals surface area contributed by atoms with E-state index in [9.17, 15) is 4.79 Å². The fourth-order valence-corrected chi connectivity index (χ4v) is 4.04. The number of amides is 1. The molecule has 0 unspecified atom stereocenters. The average molecular weight is 416 g/mol. The zero-order valence-electron chi connectivity index (χ0n) is 18.4. The van der Waals surface area contributed by atoms with Crippen LogP contribution in [0.25, 0.3) is 17.0 Å². The maximum absolute atomic E-state index is 12.8. The van der Waals surface area contributed by atoms with E-state index in [1.54, 1.807) is 19.0 Å². The van der Waals surface area contributed by atoms with Crippen LogP contribution in [0.2, 0.25) is 0 Å². The van der Waals surface area contributed by atoms with Gasteiger partial charge in [-0.25, -0.2) is 4.98 Å². The molecule has 1 aromatic heterocycles. The normalized spacial score (nSPS) is 17.6. The molecule has 0 spiro atoms. The van der Waals surface area contributed by atoms with Gasteiger partial charge >= 0.3 is 0 Å². The van der Waals surface area contributed by atoms with Crippen molar-refractivity contribution >= 4 is 22.9 Å². The highest BCUT2D eigenvalue weighted by atomic mass is 16.5. The molecular weight excluding hydrogens is 386 g/mol. The van der Waals surface area contributed by atoms with E-state index in [0.29, 0.717) is 12.2 Å². The van der Waals surface area contributed by atoms with Gasteiger partial charge in [0, 0.05) is 39.1 Å². The highest BCUT2D eigenvalue weighted by molar-refractivity contribution is 6.06. The molecule has 5 nitrogen and oxygen atoms in total. The number of carbonyl (C=O) groups is 1. The van der Waals surface area contributed by atoms with Crippen molar-refractivity contribution < 1.29 is 9.53 Å². The van der Waals surface area contributed by atoms with Crippen LogP contribution in [0, 0.1) is 0 Å². The summed E-state index contributed by atoms with van der Waals surface area (Å²) in [6, 6.07) is 20.1. The third-order valence-electron chi connectivity index (χ3n) is 5.54. The Balaban J connectivity index is 1.57. The van der Waals surface area contributed by atoms with Gasteiger partial charge in [0.25, 0.3) is 5.91 Å². The minimum atomic E-state index is -0.156. The first-order chi connectivity index (χ1) is 15.0. The quantitative estimate of drug-likeness (QED) is 0.619. The number of para-hydroxylation sites is 1. The number of morpholine rings is 1. The number of carbonyl (C=O) groups excluding carboxylic acids is 1. The smallest absolute Gasteiger partial charge is 0.254 e. The number of hydrogen-bond acceptors (Lipinski definition) is 4. The van der Waals surface area contributed by atoms with E-state index in [1.165, 1.54) is 11.1 Å². The van der Waals surface area contributed by atoms with Gasteiger partial charge in [0.1, 0.15) is 6.10 Å². The van der Waals surface area contributed by atoms with E-state index in [-0.39, 0.29) is 12.0 Å². The molecule has 2 aromatic carbocycles. The van der Waals surface area contributed by atoms with E-state index >= 15 is 0 Å². The number of aromatic nitrogens is 1. The predicted molar refractivity (Wildman–Crippen MR) is 125 cm³/mol. The van der Waals surface area contributed by atoms with Crippen LogP contribution in [0.3, 0.4) is 0 Å². The number of ether oxygens (including phenoxy) is 1. The lowest BCUT2D eigenvalue weighted by atomic mass is 10.0. The van der Waals surface area contributed by atoms with Crippen LogP contribution >= 0.6 is 0 Å². The molecule has 1 fully saturated rings. The SMILES string of the molecule is C/C(=C\c1ccccc1)CN1CCO[C@H](c2cc(C(=O)N(C)C)c3ccccc3n2)C1. The summed E-state index contributed by atoms with van der Waals surface area (Å²) < 4.78 is 6.09. The largest absolute Gasteiger partial charge is 0.369 e. The molecule has 5 heteroatoms. The van der Waals surface area contributed by atoms with Crippen molar-refractivity contribution in [2.45, 2.75) is 13.0 Å². The summed E-state index contributed by atoms with van der Waals surface area (Å²) >= 11 is 0. The van der Waals surface area contributed by atoms with Crippen LogP contribution in [0.5, 0.6) is 0 Å². The van der Waals surface area contributed by atoms with Crippen molar-refractivity contribution in [3.63, 3.8) is 0 Å². The number of rotatable bonds is 5. The monoisotopic (exact) mass is 415 g/mol. The maximum Gasteiger partial charge on any atom is 0.254 e. The lowest BCUT2D eigenvalue weighted by Crippen LogP contribution is -2.39. The first kappa shape index (κ1) is 21.2. The van der Waals surface area contributed by atoms with E-state index < -0.39 is 0 Å². The van der Waals surface area contributed by atoms with Gasteiger partial charge in [-0.2, -0.15) is 0 Å². The summed E-state index contributed by atoms with van der Waals surface area (Å²) in [6.07, 6.45) is 2.07. The second kappa shape index (κ2) is 9.41. The van der Waals surface area contributed by atoms with E-state index in [0.717, 1.165) is 36.2 Å². The molecule has 0 bridgehead atoms. The van der Waals surface area contributed by atoms with Crippen LogP contribution in [0.15, 0.2) is 66.2 Å². The van der Waals surface area contributed by atoms with Gasteiger partial charge in [-0.1, -0.05) is 60.2 Å². The minimum absolute atomic E-state index is 0.0193. The summed E-state index contributed by atoms with van der Waals surface area (Å²) in [7, 11) is 3.55. The Kier molecular flexibility index (Phi) is 6.44. The number of pyridine rings is 1. The molecule has 3 aromatic rings. The molecule has 160 valence electrons. The van der Waals surface area contributed by atoms with Crippen LogP contribution in [-0.2, 0) is 4.74 Å². The average Bonchev–Trinajstić information content (AvgIpc) is 2.78. The van der Waals surface area contributed by atoms with Crippen LogP contribution in [0.4, 0.5) is 0 Å². The Morgan fingerprint density at radius 1 is 1.16 bits per heavy atom. The molecule has 1 aliphatic rings. The molecule has 0 aliphatic carbocycles. The molecule has 0 N–H and O–H groups in total. The van der Waals surface area contributed by atoms with Crippen molar-refractivity contribution in [1.29, 1.82) is 0 Å². The molecule has 1 aliphatic heterocycles. The third kappa shape index (κ3) is 5.01. The van der Waals surface area contributed by atoms with Gasteiger partial charge in [0.2, 0.25) is 0 Å². The van der Waals surface area contributed by atoms with E-state index in [4.69, 9.17) is 9.72 Å². The van der Waals surface area contributed by atoms with E-state index in [2.05, 4.69) is 42.2 Å². The van der Waals surface area contributed by atoms with E-state index in [1.807, 2.05) is 36.4 Å². The molecule has 1 amide bonds. The van der Waals surface area contributed by atoms with Gasteiger partial charge in [-0.05, 0) is 24.6 Å². The lowest BCUT2D eigenvalue weighted by molar-refractivity contribution is -0.0287. The summed E-state index contributed by atoms with van der Waals surface area (Å²) in [6.45, 7) is 5.33. The second-order valence-electron chi connectivity index (χ2n) is 8.31. The molecule has 4 rings (SSSR count). The maximum atomic E-state index is 12.8. The Morgan fingerprint density at radius 2 is 1.90 bits per heavy atom. The number of fused-ring (bicyclic) bond motifs is 1. The second-order valence-corrected chi connectivity index (χ2v) is 8.31. The van der Waals surface area contributed by atoms with Crippen LogP contribution in [0.1, 0.15) is 34.6 Å². The molecule has 0 saturated carbocycles. The summed E-state index contributed by atoms with van der Waals surface area (Å²) in [5.41, 5.74) is 4.84. The molecular formula is C26H29N3O2. The first-order valence-corrected chi connectivity index (χ1v) is 10.7. The topological polar surface area (TPSA) is 45.7 Å². The summed E-state index contributed by atoms with van der Waals surface area (Å²) in [5, 5.41) is 0.874. The zero-order chi connectivity index (χ0) is 21.8. The van der Waals surface area contributed by atoms with Crippen molar-refractivity contribution in [1.82, 2.24) is 14.8 Å². The standard InChI is InChI=1S/C26H29N3O2/c1-19(15-20-9-5-4-6-10-20)17-29-13-14-31-25(18-29)24-16-22(26(30)28(2)3)21-11-7-8-12-23(21)27-24/h4-12,15-16,25H,13-14,17-18H2,1-3H3/b19-15+/t25-/m0/s1. The van der Waals surface area contributed by atoms with Gasteiger partial charge < -0.3 is 9.64 Å². The van der Waals surface area contributed by atoms with Crippen molar-refractivity contribution in [2.24, 2.45) is 0 Å². The number of nitrogens with zero attached hydrogens (tertiary/aromatic N) is 3. The van der Waals surface area contributed by atoms with Gasteiger partial charge in [-0.15, -0.1) is 0 Å². The summed E-state index contributed by atoms with van der Waals surface area (Å²) in [4.78, 5) is 21.7. The lowest BCUT2D eigenvalue weighted by Gasteiger charge is -2.33. The summed E-state index contributed by atoms with van der Waals surface area (Å²) in [5.74, 6) is -0.0193. The Hall–Kier alpha value is -3.02. The van der Waals surface area contributed by atoms with Crippen LogP contribution < -0.4 is 0 Å². The predicted octanol–water partition coefficient (Wildman–Crippen LogP) is 4.41. The minimum Gasteiger partial charge on any atom is -0.369 e. The van der Waals surface area contributed by atoms with Gasteiger partial charge in [0.05, 0.1) is 23.4 Å². The zero-order valence-corrected chi connectivity index (χ0v) is 18.4. The highest BCUT2D eigenvalue weighted by Gasteiger charge is 2.25. The molecule has 1 atom stereocenters. The fourth-order valence-electron chi connectivity index (χ4n) is 4.04. The molecule has 0 radical (unpaired) electrons. The fraction of sp³-hybridized carbons (Fsp3) is 0.308. The Morgan fingerprint density at radius 3 is 2.68 bits per heavy atom. The first-order valence-electron chi connectivity index (χ1n) is 10.7. The van der Waals surface area contributed by atoms with Crippen molar-refractivity contribution in [2.75, 3.05) is 40.3 Å². The molecule has 1 saturated heterocycles. The Bertz CT molecular complexity index is 1090. The molecule has 2 heterocycles. The number of benzene rings is 2.